The van der Waals surface area contributed by atoms with Crippen LogP contribution in [0.15, 0.2) is 36.4 Å². The Morgan fingerprint density at radius 1 is 1.02 bits per heavy atom. The highest BCUT2D eigenvalue weighted by molar-refractivity contribution is 6.74. The lowest BCUT2D eigenvalue weighted by atomic mass is 9.83. The minimum atomic E-state index is -1.95. The van der Waals surface area contributed by atoms with Gasteiger partial charge in [0.1, 0.15) is 5.75 Å². The number of hydrogen-bond donors (Lipinski definition) is 1. The molecule has 4 rings (SSSR count). The molecule has 0 aromatic heterocycles. The van der Waals surface area contributed by atoms with Gasteiger partial charge in [-0.1, -0.05) is 71.2 Å². The molecule has 1 aromatic rings. The van der Waals surface area contributed by atoms with Gasteiger partial charge in [-0.25, -0.2) is 0 Å². The average Bonchev–Trinajstić information content (AvgIpc) is 3.31. The van der Waals surface area contributed by atoms with Crippen LogP contribution in [0, 0.1) is 17.8 Å². The van der Waals surface area contributed by atoms with Crippen LogP contribution in [-0.4, -0.2) is 58.0 Å². The molecular weight excluding hydrogens is 568 g/mol. The molecule has 44 heavy (non-hydrogen) atoms. The van der Waals surface area contributed by atoms with E-state index < -0.39 is 8.32 Å². The molecule has 7 heteroatoms. The van der Waals surface area contributed by atoms with Crippen molar-refractivity contribution in [2.75, 3.05) is 19.8 Å². The Morgan fingerprint density at radius 3 is 2.39 bits per heavy atom. The molecule has 0 spiro atoms. The predicted molar refractivity (Wildman–Crippen MR) is 180 cm³/mol. The van der Waals surface area contributed by atoms with Gasteiger partial charge < -0.3 is 28.5 Å². The summed E-state index contributed by atoms with van der Waals surface area (Å²) in [6.07, 6.45) is 17.1. The molecule has 3 fully saturated rings. The lowest BCUT2D eigenvalue weighted by Gasteiger charge is -2.36. The van der Waals surface area contributed by atoms with Crippen molar-refractivity contribution in [3.63, 3.8) is 0 Å². The lowest BCUT2D eigenvalue weighted by Crippen LogP contribution is -2.43. The van der Waals surface area contributed by atoms with Gasteiger partial charge in [-0.05, 0) is 105 Å². The first-order valence-electron chi connectivity index (χ1n) is 17.7. The second-order valence-corrected chi connectivity index (χ2v) is 19.7. The third kappa shape index (κ3) is 10.4. The number of unbranched alkanes of at least 4 members (excludes halogenated alkanes) is 2. The molecule has 0 bridgehead atoms. The second kappa shape index (κ2) is 17.1. The van der Waals surface area contributed by atoms with Crippen molar-refractivity contribution in [3.8, 4) is 5.75 Å². The van der Waals surface area contributed by atoms with E-state index >= 15 is 0 Å². The van der Waals surface area contributed by atoms with Crippen LogP contribution in [-0.2, 0) is 25.4 Å². The fraction of sp³-hybridized carbons (Fsp3) is 0.784. The van der Waals surface area contributed by atoms with E-state index in [1.165, 1.54) is 18.4 Å². The summed E-state index contributed by atoms with van der Waals surface area (Å²) in [5.74, 6) is 1.52. The summed E-state index contributed by atoms with van der Waals surface area (Å²) in [4.78, 5) is 0. The summed E-state index contributed by atoms with van der Waals surface area (Å²) >= 11 is 0. The third-order valence-electron chi connectivity index (χ3n) is 10.4. The standard InChI is InChI=1S/C37H62O6Si/c1-7-8-9-16-30(41-35-18-10-12-22-39-35)20-21-32-33(29(27-38)26-34(32)42-36-19-11-13-23-40-36)25-28-15-14-17-31(24-28)43-44(5,6)37(2,3)4/h14-15,17,20-21,24,29-30,32-36,38H,7-13,16,18-19,22-23,25-27H2,1-6H3/b21-20+/t29-,30-,32-,33+,34-,35-,36-/m1/s1. The van der Waals surface area contributed by atoms with E-state index in [1.54, 1.807) is 0 Å². The number of ether oxygens (including phenoxy) is 4. The zero-order chi connectivity index (χ0) is 31.6. The van der Waals surface area contributed by atoms with E-state index in [1.807, 2.05) is 0 Å². The second-order valence-electron chi connectivity index (χ2n) is 15.0. The van der Waals surface area contributed by atoms with E-state index in [0.29, 0.717) is 0 Å². The molecule has 0 radical (unpaired) electrons. The predicted octanol–water partition coefficient (Wildman–Crippen LogP) is 8.82. The van der Waals surface area contributed by atoms with Crippen LogP contribution in [0.3, 0.4) is 0 Å². The van der Waals surface area contributed by atoms with E-state index in [0.717, 1.165) is 83.2 Å². The SMILES string of the molecule is CCCCC[C@H](/C=C/[C@@H]1[C@@H](Cc2cccc(O[Si](C)(C)C(C)(C)C)c2)[C@@H](CO)C[C@H]1O[C@@H]1CCCCO1)O[C@@H]1CCCCO1. The molecule has 3 aliphatic rings. The summed E-state index contributed by atoms with van der Waals surface area (Å²) in [6, 6.07) is 8.66. The van der Waals surface area contributed by atoms with Crippen LogP contribution in [0.4, 0.5) is 0 Å². The molecular formula is C37H62O6Si. The molecule has 2 heterocycles. The van der Waals surface area contributed by atoms with Crippen LogP contribution in [0.1, 0.15) is 104 Å². The highest BCUT2D eigenvalue weighted by Crippen LogP contribution is 2.44. The molecule has 1 aliphatic carbocycles. The quantitative estimate of drug-likeness (QED) is 0.119. The largest absolute Gasteiger partial charge is 0.543 e. The molecule has 1 saturated carbocycles. The Bertz CT molecular complexity index is 994. The number of aliphatic hydroxyl groups is 1. The van der Waals surface area contributed by atoms with E-state index in [-0.39, 0.29) is 54.2 Å². The molecule has 6 nitrogen and oxygen atoms in total. The number of benzene rings is 1. The van der Waals surface area contributed by atoms with E-state index in [2.05, 4.69) is 77.2 Å². The molecule has 2 saturated heterocycles. The van der Waals surface area contributed by atoms with Gasteiger partial charge in [-0.3, -0.25) is 0 Å². The highest BCUT2D eigenvalue weighted by Gasteiger charge is 2.44. The van der Waals surface area contributed by atoms with Crippen molar-refractivity contribution in [1.82, 2.24) is 0 Å². The Labute approximate surface area is 269 Å². The summed E-state index contributed by atoms with van der Waals surface area (Å²) in [6.45, 7) is 15.4. The van der Waals surface area contributed by atoms with E-state index in [4.69, 9.17) is 23.4 Å². The first-order valence-corrected chi connectivity index (χ1v) is 20.6. The fourth-order valence-electron chi connectivity index (χ4n) is 6.69. The van der Waals surface area contributed by atoms with E-state index in [9.17, 15) is 5.11 Å². The molecule has 0 unspecified atom stereocenters. The number of aliphatic hydroxyl groups excluding tert-OH is 1. The van der Waals surface area contributed by atoms with Crippen molar-refractivity contribution in [1.29, 1.82) is 0 Å². The van der Waals surface area contributed by atoms with Gasteiger partial charge in [0.05, 0.1) is 12.2 Å². The molecule has 0 amide bonds. The molecule has 1 aromatic carbocycles. The first kappa shape index (κ1) is 35.6. The van der Waals surface area contributed by atoms with Gasteiger partial charge in [0.15, 0.2) is 12.6 Å². The fourth-order valence-corrected chi connectivity index (χ4v) is 7.71. The van der Waals surface area contributed by atoms with Crippen LogP contribution in [0.2, 0.25) is 18.1 Å². The summed E-state index contributed by atoms with van der Waals surface area (Å²) in [7, 11) is -1.95. The molecule has 250 valence electrons. The molecule has 1 N–H and O–H groups in total. The maximum absolute atomic E-state index is 10.6. The maximum atomic E-state index is 10.6. The zero-order valence-electron chi connectivity index (χ0n) is 28.6. The van der Waals surface area contributed by atoms with Crippen LogP contribution < -0.4 is 4.43 Å². The Balaban J connectivity index is 1.56. The summed E-state index contributed by atoms with van der Waals surface area (Å²) in [5, 5.41) is 10.8. The smallest absolute Gasteiger partial charge is 0.250 e. The van der Waals surface area contributed by atoms with Crippen LogP contribution in [0.25, 0.3) is 0 Å². The Kier molecular flexibility index (Phi) is 13.8. The monoisotopic (exact) mass is 630 g/mol. The number of hydrogen-bond acceptors (Lipinski definition) is 6. The summed E-state index contributed by atoms with van der Waals surface area (Å²) < 4.78 is 31.9. The molecule has 7 atom stereocenters. The van der Waals surface area contributed by atoms with Gasteiger partial charge in [0.25, 0.3) is 0 Å². The molecule has 2 aliphatic heterocycles. The summed E-state index contributed by atoms with van der Waals surface area (Å²) in [5.41, 5.74) is 1.25. The van der Waals surface area contributed by atoms with Crippen molar-refractivity contribution < 1.29 is 28.5 Å². The Morgan fingerprint density at radius 2 is 1.75 bits per heavy atom. The van der Waals surface area contributed by atoms with Crippen molar-refractivity contribution >= 4 is 8.32 Å². The third-order valence-corrected chi connectivity index (χ3v) is 14.8. The number of rotatable bonds is 15. The average molecular weight is 631 g/mol. The highest BCUT2D eigenvalue weighted by atomic mass is 28.4. The minimum Gasteiger partial charge on any atom is -0.543 e. The van der Waals surface area contributed by atoms with Crippen molar-refractivity contribution in [2.24, 2.45) is 17.8 Å². The minimum absolute atomic E-state index is 0.00499. The van der Waals surface area contributed by atoms with Crippen LogP contribution in [0.5, 0.6) is 5.75 Å². The van der Waals surface area contributed by atoms with Gasteiger partial charge in [-0.15, -0.1) is 0 Å². The maximum Gasteiger partial charge on any atom is 0.250 e. The first-order chi connectivity index (χ1) is 21.1. The van der Waals surface area contributed by atoms with Gasteiger partial charge in [0.2, 0.25) is 8.32 Å². The van der Waals surface area contributed by atoms with Crippen molar-refractivity contribution in [3.05, 3.63) is 42.0 Å². The van der Waals surface area contributed by atoms with Crippen molar-refractivity contribution in [2.45, 2.75) is 148 Å². The Hall–Kier alpha value is -1.22. The van der Waals surface area contributed by atoms with Gasteiger partial charge in [0, 0.05) is 25.7 Å². The normalized spacial score (nSPS) is 29.2. The topological polar surface area (TPSA) is 66.4 Å². The van der Waals surface area contributed by atoms with Gasteiger partial charge >= 0.3 is 0 Å². The zero-order valence-corrected chi connectivity index (χ0v) is 29.6. The lowest BCUT2D eigenvalue weighted by molar-refractivity contribution is -0.193. The van der Waals surface area contributed by atoms with Gasteiger partial charge in [-0.2, -0.15) is 0 Å². The van der Waals surface area contributed by atoms with Crippen LogP contribution >= 0.6 is 0 Å².